The summed E-state index contributed by atoms with van der Waals surface area (Å²) in [7, 11) is 1.96. The summed E-state index contributed by atoms with van der Waals surface area (Å²) in [5.74, 6) is 0.0308. The second-order valence-corrected chi connectivity index (χ2v) is 6.93. The fourth-order valence-corrected chi connectivity index (χ4v) is 2.95. The van der Waals surface area contributed by atoms with E-state index in [1.165, 1.54) is 24.0 Å². The number of carbonyl (C=O) groups excluding carboxylic acids is 1. The van der Waals surface area contributed by atoms with E-state index >= 15 is 0 Å². The van der Waals surface area contributed by atoms with Gasteiger partial charge in [-0.3, -0.25) is 9.69 Å². The lowest BCUT2D eigenvalue weighted by Gasteiger charge is -2.28. The van der Waals surface area contributed by atoms with Crippen molar-refractivity contribution in [1.82, 2.24) is 4.90 Å². The Morgan fingerprint density at radius 1 is 1.33 bits per heavy atom. The van der Waals surface area contributed by atoms with Gasteiger partial charge in [0.05, 0.1) is 6.54 Å². The molecule has 1 amide bonds. The first kappa shape index (κ1) is 16.0. The third-order valence-corrected chi connectivity index (χ3v) is 4.05. The van der Waals surface area contributed by atoms with E-state index in [0.29, 0.717) is 13.1 Å². The number of nitrogens with one attached hydrogen (secondary N) is 1. The monoisotopic (exact) mass is 289 g/mol. The maximum Gasteiger partial charge on any atom is 0.238 e. The summed E-state index contributed by atoms with van der Waals surface area (Å²) >= 11 is 0. The zero-order chi connectivity index (χ0) is 15.5. The maximum absolute atomic E-state index is 12.1. The van der Waals surface area contributed by atoms with Gasteiger partial charge in [-0.1, -0.05) is 19.9 Å². The Labute approximate surface area is 127 Å². The van der Waals surface area contributed by atoms with E-state index < -0.39 is 0 Å². The van der Waals surface area contributed by atoms with Crippen molar-refractivity contribution in [3.05, 3.63) is 29.3 Å². The van der Waals surface area contributed by atoms with Crippen LogP contribution >= 0.6 is 0 Å². The standard InChI is InChI=1S/C17H27N3O/c1-17(2,11-18)12-20(3)10-16(21)19-15-8-7-13-5-4-6-14(13)9-15/h7-9H,4-6,10-12,18H2,1-3H3,(H,19,21). The van der Waals surface area contributed by atoms with E-state index in [1.54, 1.807) is 0 Å². The number of aryl methyl sites for hydroxylation is 2. The highest BCUT2D eigenvalue weighted by atomic mass is 16.2. The van der Waals surface area contributed by atoms with Gasteiger partial charge < -0.3 is 11.1 Å². The number of nitrogens with zero attached hydrogens (tertiary/aromatic N) is 1. The summed E-state index contributed by atoms with van der Waals surface area (Å²) in [4.78, 5) is 14.1. The Morgan fingerprint density at radius 3 is 2.76 bits per heavy atom. The predicted molar refractivity (Wildman–Crippen MR) is 87.4 cm³/mol. The highest BCUT2D eigenvalue weighted by Crippen LogP contribution is 2.24. The molecule has 0 saturated heterocycles. The molecule has 1 aromatic rings. The van der Waals surface area contributed by atoms with E-state index in [4.69, 9.17) is 5.73 Å². The fraction of sp³-hybridized carbons (Fsp3) is 0.588. The number of carbonyl (C=O) groups is 1. The van der Waals surface area contributed by atoms with Crippen molar-refractivity contribution in [3.8, 4) is 0 Å². The fourth-order valence-electron chi connectivity index (χ4n) is 2.95. The second kappa shape index (κ2) is 6.58. The minimum atomic E-state index is 0.0304. The molecule has 0 radical (unpaired) electrons. The molecule has 1 aliphatic rings. The molecule has 0 unspecified atom stereocenters. The Hall–Kier alpha value is -1.39. The number of hydrogen-bond acceptors (Lipinski definition) is 3. The second-order valence-electron chi connectivity index (χ2n) is 6.93. The molecule has 0 aromatic heterocycles. The van der Waals surface area contributed by atoms with E-state index in [1.807, 2.05) is 18.0 Å². The van der Waals surface area contributed by atoms with Crippen molar-refractivity contribution in [2.24, 2.45) is 11.1 Å². The molecule has 3 N–H and O–H groups in total. The highest BCUT2D eigenvalue weighted by molar-refractivity contribution is 5.92. The van der Waals surface area contributed by atoms with Gasteiger partial charge >= 0.3 is 0 Å². The van der Waals surface area contributed by atoms with Gasteiger partial charge in [0, 0.05) is 12.2 Å². The van der Waals surface area contributed by atoms with E-state index in [9.17, 15) is 4.79 Å². The van der Waals surface area contributed by atoms with Crippen molar-refractivity contribution >= 4 is 11.6 Å². The van der Waals surface area contributed by atoms with Crippen LogP contribution in [-0.2, 0) is 17.6 Å². The molecule has 116 valence electrons. The van der Waals surface area contributed by atoms with E-state index in [2.05, 4.69) is 31.3 Å². The minimum Gasteiger partial charge on any atom is -0.330 e. The smallest absolute Gasteiger partial charge is 0.238 e. The average molecular weight is 289 g/mol. The predicted octanol–water partition coefficient (Wildman–Crippen LogP) is 2.03. The summed E-state index contributed by atoms with van der Waals surface area (Å²) in [6, 6.07) is 6.26. The number of rotatable bonds is 6. The highest BCUT2D eigenvalue weighted by Gasteiger charge is 2.19. The molecule has 4 nitrogen and oxygen atoms in total. The third kappa shape index (κ3) is 4.55. The molecule has 0 atom stereocenters. The Morgan fingerprint density at radius 2 is 2.05 bits per heavy atom. The van der Waals surface area contributed by atoms with Crippen molar-refractivity contribution in [2.45, 2.75) is 33.1 Å². The molecular formula is C17H27N3O. The molecule has 1 aliphatic carbocycles. The molecule has 21 heavy (non-hydrogen) atoms. The van der Waals surface area contributed by atoms with Gasteiger partial charge in [-0.2, -0.15) is 0 Å². The molecule has 1 aromatic carbocycles. The average Bonchev–Trinajstić information content (AvgIpc) is 2.85. The van der Waals surface area contributed by atoms with Crippen LogP contribution in [-0.4, -0.2) is 37.5 Å². The van der Waals surface area contributed by atoms with Gasteiger partial charge in [0.2, 0.25) is 5.91 Å². The number of nitrogens with two attached hydrogens (primary N) is 1. The first-order valence-electron chi connectivity index (χ1n) is 7.70. The molecule has 0 saturated carbocycles. The van der Waals surface area contributed by atoms with Gasteiger partial charge in [0.15, 0.2) is 0 Å². The quantitative estimate of drug-likeness (QED) is 0.842. The largest absolute Gasteiger partial charge is 0.330 e. The summed E-state index contributed by atoms with van der Waals surface area (Å²) in [5, 5.41) is 2.99. The number of fused-ring (bicyclic) bond motifs is 1. The Bertz CT molecular complexity index is 511. The van der Waals surface area contributed by atoms with Crippen LogP contribution in [0.2, 0.25) is 0 Å². The Kier molecular flexibility index (Phi) is 5.01. The zero-order valence-electron chi connectivity index (χ0n) is 13.4. The molecule has 0 spiro atoms. The first-order valence-corrected chi connectivity index (χ1v) is 7.70. The van der Waals surface area contributed by atoms with Gasteiger partial charge in [-0.25, -0.2) is 0 Å². The first-order chi connectivity index (χ1) is 9.89. The third-order valence-electron chi connectivity index (χ3n) is 4.05. The lowest BCUT2D eigenvalue weighted by molar-refractivity contribution is -0.117. The van der Waals surface area contributed by atoms with Crippen LogP contribution in [0.5, 0.6) is 0 Å². The minimum absolute atomic E-state index is 0.0304. The number of hydrogen-bond donors (Lipinski definition) is 2. The molecular weight excluding hydrogens is 262 g/mol. The van der Waals surface area contributed by atoms with Crippen molar-refractivity contribution in [3.63, 3.8) is 0 Å². The lowest BCUT2D eigenvalue weighted by atomic mass is 9.93. The van der Waals surface area contributed by atoms with E-state index in [-0.39, 0.29) is 11.3 Å². The van der Waals surface area contributed by atoms with Gasteiger partial charge in [0.25, 0.3) is 0 Å². The van der Waals surface area contributed by atoms with Gasteiger partial charge in [-0.15, -0.1) is 0 Å². The molecule has 0 aliphatic heterocycles. The van der Waals surface area contributed by atoms with E-state index in [0.717, 1.165) is 18.7 Å². The lowest BCUT2D eigenvalue weighted by Crippen LogP contribution is -2.40. The van der Waals surface area contributed by atoms with Crippen LogP contribution in [0.4, 0.5) is 5.69 Å². The van der Waals surface area contributed by atoms with Crippen molar-refractivity contribution in [2.75, 3.05) is 32.0 Å². The molecule has 2 rings (SSSR count). The molecule has 4 heteroatoms. The molecule has 0 heterocycles. The van der Waals surface area contributed by atoms with Crippen LogP contribution in [0.15, 0.2) is 18.2 Å². The van der Waals surface area contributed by atoms with Crippen LogP contribution < -0.4 is 11.1 Å². The maximum atomic E-state index is 12.1. The zero-order valence-corrected chi connectivity index (χ0v) is 13.4. The van der Waals surface area contributed by atoms with Gasteiger partial charge in [-0.05, 0) is 61.5 Å². The van der Waals surface area contributed by atoms with Crippen LogP contribution in [0, 0.1) is 5.41 Å². The van der Waals surface area contributed by atoms with Gasteiger partial charge in [0.1, 0.15) is 0 Å². The van der Waals surface area contributed by atoms with Crippen LogP contribution in [0.3, 0.4) is 0 Å². The number of amides is 1. The van der Waals surface area contributed by atoms with Crippen LogP contribution in [0.1, 0.15) is 31.4 Å². The summed E-state index contributed by atoms with van der Waals surface area (Å²) < 4.78 is 0. The summed E-state index contributed by atoms with van der Waals surface area (Å²) in [6.07, 6.45) is 3.52. The SMILES string of the molecule is CN(CC(=O)Nc1ccc2c(c1)CCC2)CC(C)(C)CN. The topological polar surface area (TPSA) is 58.4 Å². The van der Waals surface area contributed by atoms with Crippen LogP contribution in [0.25, 0.3) is 0 Å². The Balaban J connectivity index is 1.87. The molecule has 0 fully saturated rings. The van der Waals surface area contributed by atoms with Crippen molar-refractivity contribution in [1.29, 1.82) is 0 Å². The van der Waals surface area contributed by atoms with Crippen molar-refractivity contribution < 1.29 is 4.79 Å². The summed E-state index contributed by atoms with van der Waals surface area (Å²) in [6.45, 7) is 6.04. The number of anilines is 1. The number of benzene rings is 1. The number of likely N-dealkylation sites (N-methyl/N-ethyl adjacent to an activating group) is 1. The molecule has 0 bridgehead atoms. The normalized spacial score (nSPS) is 14.3. The summed E-state index contributed by atoms with van der Waals surface area (Å²) in [5.41, 5.74) is 9.48.